The van der Waals surface area contributed by atoms with E-state index >= 15 is 4.39 Å². The van der Waals surface area contributed by atoms with Crippen LogP contribution in [0, 0.1) is 5.82 Å². The minimum atomic E-state index is -4.95. The highest BCUT2D eigenvalue weighted by Crippen LogP contribution is 2.28. The number of carbonyl (C=O) groups excluding carboxylic acids is 2. The molecule has 0 fully saturated rings. The van der Waals surface area contributed by atoms with Crippen molar-refractivity contribution in [3.05, 3.63) is 105 Å². The minimum absolute atomic E-state index is 0.00174. The van der Waals surface area contributed by atoms with Gasteiger partial charge in [0.05, 0.1) is 22.0 Å². The monoisotopic (exact) mass is 717 g/mol. The third-order valence-electron chi connectivity index (χ3n) is 6.07. The van der Waals surface area contributed by atoms with Gasteiger partial charge >= 0.3 is 12.5 Å². The summed E-state index contributed by atoms with van der Waals surface area (Å²) in [6, 6.07) is 10.6. The average molecular weight is 718 g/mol. The highest BCUT2D eigenvalue weighted by Gasteiger charge is 2.37. The summed E-state index contributed by atoms with van der Waals surface area (Å²) in [7, 11) is 0. The lowest BCUT2D eigenvalue weighted by atomic mass is 10.1. The molecule has 0 atom stereocenters. The van der Waals surface area contributed by atoms with Crippen molar-refractivity contribution in [2.75, 3.05) is 5.32 Å². The third-order valence-corrected chi connectivity index (χ3v) is 6.58. The fourth-order valence-electron chi connectivity index (χ4n) is 4.12. The van der Waals surface area contributed by atoms with Crippen LogP contribution in [0.5, 0.6) is 5.75 Å². The van der Waals surface area contributed by atoms with Gasteiger partial charge in [-0.25, -0.2) is 14.1 Å². The zero-order chi connectivity index (χ0) is 34.8. The Morgan fingerprint density at radius 2 is 1.71 bits per heavy atom. The van der Waals surface area contributed by atoms with Crippen molar-refractivity contribution in [2.45, 2.75) is 25.6 Å². The lowest BCUT2D eigenvalue weighted by Gasteiger charge is -2.14. The number of hydrogen-bond donors (Lipinski definition) is 2. The number of nitrogens with zero attached hydrogens (tertiary/aromatic N) is 7. The molecule has 5 rings (SSSR count). The summed E-state index contributed by atoms with van der Waals surface area (Å²) in [5.74, 6) is -5.35. The van der Waals surface area contributed by atoms with Crippen molar-refractivity contribution in [1.29, 1.82) is 0 Å². The van der Waals surface area contributed by atoms with Crippen LogP contribution in [-0.4, -0.2) is 53.1 Å². The molecule has 0 saturated heterocycles. The fourth-order valence-corrected chi connectivity index (χ4v) is 4.53. The summed E-state index contributed by atoms with van der Waals surface area (Å²) in [5.41, 5.74) is -1.36. The number of alkyl halides is 6. The number of hydrogen-bond acceptors (Lipinski definition) is 8. The third kappa shape index (κ3) is 8.15. The Morgan fingerprint density at radius 1 is 0.938 bits per heavy atom. The molecule has 0 spiro atoms. The van der Waals surface area contributed by atoms with Crippen LogP contribution in [-0.2, 0) is 19.3 Å². The summed E-state index contributed by atoms with van der Waals surface area (Å²) < 4.78 is 96.7. The van der Waals surface area contributed by atoms with E-state index in [0.29, 0.717) is 4.80 Å². The van der Waals surface area contributed by atoms with Gasteiger partial charge in [-0.15, -0.1) is 23.4 Å². The van der Waals surface area contributed by atoms with Crippen molar-refractivity contribution in [3.8, 4) is 11.6 Å². The Balaban J connectivity index is 1.43. The molecule has 0 saturated carbocycles. The number of pyridine rings is 1. The second-order valence-electron chi connectivity index (χ2n) is 9.52. The van der Waals surface area contributed by atoms with Gasteiger partial charge in [-0.3, -0.25) is 9.59 Å². The topological polar surface area (TPSA) is 142 Å². The number of nitrogens with one attached hydrogen (secondary N) is 2. The molecule has 0 radical (unpaired) electrons. The smallest absolute Gasteiger partial charge is 0.406 e. The second kappa shape index (κ2) is 13.4. The number of aromatic nitrogens is 7. The normalized spacial score (nSPS) is 11.8. The zero-order valence-corrected chi connectivity index (χ0v) is 25.0. The summed E-state index contributed by atoms with van der Waals surface area (Å²) in [4.78, 5) is 31.4. The first kappa shape index (κ1) is 34.0. The molecule has 3 aromatic heterocycles. The van der Waals surface area contributed by atoms with E-state index in [1.54, 1.807) is 0 Å². The molecule has 5 aromatic rings. The Bertz CT molecular complexity index is 2000. The van der Waals surface area contributed by atoms with Crippen molar-refractivity contribution in [1.82, 2.24) is 40.3 Å². The van der Waals surface area contributed by atoms with Crippen LogP contribution in [0.15, 0.2) is 60.8 Å². The molecule has 0 aliphatic heterocycles. The Labute approximate surface area is 273 Å². The van der Waals surface area contributed by atoms with Gasteiger partial charge in [0.25, 0.3) is 17.6 Å². The van der Waals surface area contributed by atoms with Crippen LogP contribution in [0.25, 0.3) is 5.82 Å². The van der Waals surface area contributed by atoms with Crippen molar-refractivity contribution < 1.29 is 45.1 Å². The van der Waals surface area contributed by atoms with E-state index < -0.39 is 59.5 Å². The van der Waals surface area contributed by atoms with Gasteiger partial charge in [0.2, 0.25) is 0 Å². The maximum atomic E-state index is 15.2. The van der Waals surface area contributed by atoms with Crippen LogP contribution in [0.3, 0.4) is 0 Å². The first-order valence-electron chi connectivity index (χ1n) is 13.1. The van der Waals surface area contributed by atoms with E-state index in [1.807, 2.05) is 0 Å². The SMILES string of the molecule is O=C(NCc1cccc(OC(F)(F)F)c1)c1cc(Cl)cc(F)c1NC(=O)c1cc(Cn2nnc(C(F)(F)F)n2)nn1-c1ncccc1Cl. The number of amides is 2. The Kier molecular flexibility index (Phi) is 9.53. The van der Waals surface area contributed by atoms with Crippen molar-refractivity contribution in [3.63, 3.8) is 0 Å². The van der Waals surface area contributed by atoms with Crippen LogP contribution < -0.4 is 15.4 Å². The zero-order valence-electron chi connectivity index (χ0n) is 23.4. The maximum absolute atomic E-state index is 15.2. The lowest BCUT2D eigenvalue weighted by molar-refractivity contribution is -0.274. The number of anilines is 1. The Morgan fingerprint density at radius 3 is 2.40 bits per heavy atom. The van der Waals surface area contributed by atoms with Crippen molar-refractivity contribution in [2.24, 2.45) is 0 Å². The van der Waals surface area contributed by atoms with Gasteiger partial charge in [-0.2, -0.15) is 23.1 Å². The van der Waals surface area contributed by atoms with Crippen LogP contribution >= 0.6 is 23.2 Å². The standard InChI is InChI=1S/C27H16Cl2F7N9O3/c28-14-8-17(23(46)38-11-13-3-1-4-16(7-13)48-27(34,35)36)21(19(30)9-14)39-24(47)20-10-15(12-44-42-25(40-43-44)26(31,32)33)41-45(20)22-18(29)5-2-6-37-22/h1-10H,11-12H2,(H,38,46)(H,39,47). The fraction of sp³-hybridized carbons (Fsp3) is 0.148. The first-order chi connectivity index (χ1) is 22.6. The number of carbonyl (C=O) groups is 2. The highest BCUT2D eigenvalue weighted by molar-refractivity contribution is 6.32. The van der Waals surface area contributed by atoms with Crippen molar-refractivity contribution >= 4 is 40.7 Å². The maximum Gasteiger partial charge on any atom is 0.573 e. The van der Waals surface area contributed by atoms with Crippen LogP contribution in [0.4, 0.5) is 36.4 Å². The van der Waals surface area contributed by atoms with Gasteiger partial charge in [-0.05, 0) is 53.2 Å². The predicted molar refractivity (Wildman–Crippen MR) is 152 cm³/mol. The number of halogens is 9. The molecule has 12 nitrogen and oxygen atoms in total. The largest absolute Gasteiger partial charge is 0.573 e. The molecule has 0 aliphatic carbocycles. The number of tetrazole rings is 1. The predicted octanol–water partition coefficient (Wildman–Crippen LogP) is 5.85. The lowest BCUT2D eigenvalue weighted by Crippen LogP contribution is -2.26. The molecule has 2 aromatic carbocycles. The molecule has 48 heavy (non-hydrogen) atoms. The van der Waals surface area contributed by atoms with Crippen LogP contribution in [0.2, 0.25) is 10.0 Å². The van der Waals surface area contributed by atoms with E-state index in [0.717, 1.165) is 35.0 Å². The molecule has 2 N–H and O–H groups in total. The molecule has 0 bridgehead atoms. The van der Waals surface area contributed by atoms with Gasteiger partial charge in [0.15, 0.2) is 5.82 Å². The Hall–Kier alpha value is -5.30. The molecule has 0 unspecified atom stereocenters. The highest BCUT2D eigenvalue weighted by atomic mass is 35.5. The number of ether oxygens (including phenoxy) is 1. The molecule has 250 valence electrons. The van der Waals surface area contributed by atoms with Gasteiger partial charge < -0.3 is 15.4 Å². The van der Waals surface area contributed by atoms with Crippen LogP contribution in [0.1, 0.15) is 37.9 Å². The van der Waals surface area contributed by atoms with Gasteiger partial charge in [0.1, 0.15) is 23.8 Å². The first-order valence-corrected chi connectivity index (χ1v) is 13.8. The molecular weight excluding hydrogens is 702 g/mol. The van der Waals surface area contributed by atoms with E-state index in [1.165, 1.54) is 30.5 Å². The average Bonchev–Trinajstić information content (AvgIpc) is 3.64. The quantitative estimate of drug-likeness (QED) is 0.181. The van der Waals surface area contributed by atoms with E-state index in [2.05, 4.69) is 40.9 Å². The second-order valence-corrected chi connectivity index (χ2v) is 10.4. The summed E-state index contributed by atoms with van der Waals surface area (Å²) >= 11 is 12.2. The summed E-state index contributed by atoms with van der Waals surface area (Å²) in [6.07, 6.45) is -8.51. The van der Waals surface area contributed by atoms with E-state index in [9.17, 15) is 35.9 Å². The van der Waals surface area contributed by atoms with E-state index in [4.69, 9.17) is 23.2 Å². The van der Waals surface area contributed by atoms with E-state index in [-0.39, 0.29) is 39.4 Å². The number of benzene rings is 2. The molecule has 21 heteroatoms. The van der Waals surface area contributed by atoms with Gasteiger partial charge in [0, 0.05) is 17.8 Å². The summed E-state index contributed by atoms with van der Waals surface area (Å²) in [5, 5.41) is 18.1. The molecular formula is C27H16Cl2F7N9O3. The minimum Gasteiger partial charge on any atom is -0.406 e. The summed E-state index contributed by atoms with van der Waals surface area (Å²) in [6.45, 7) is -0.838. The molecule has 3 heterocycles. The number of rotatable bonds is 9. The molecule has 0 aliphatic rings. The van der Waals surface area contributed by atoms with Gasteiger partial charge in [-0.1, -0.05) is 35.3 Å². The molecule has 2 amide bonds.